The number of rotatable bonds is 7. The Labute approximate surface area is 142 Å². The summed E-state index contributed by atoms with van der Waals surface area (Å²) in [6.45, 7) is 0.878. The Hall–Kier alpha value is -2.94. The minimum absolute atomic E-state index is 0.197. The number of hydrogen-bond acceptors (Lipinski definition) is 3. The van der Waals surface area contributed by atoms with Crippen molar-refractivity contribution in [2.24, 2.45) is 0 Å². The van der Waals surface area contributed by atoms with Gasteiger partial charge < -0.3 is 14.6 Å². The van der Waals surface area contributed by atoms with Gasteiger partial charge in [0.15, 0.2) is 0 Å². The number of phenolic OH excluding ortho intramolecular Hbond substituents is 1. The van der Waals surface area contributed by atoms with Crippen molar-refractivity contribution in [3.05, 3.63) is 90.0 Å². The van der Waals surface area contributed by atoms with E-state index in [4.69, 9.17) is 9.47 Å². The summed E-state index contributed by atoms with van der Waals surface area (Å²) < 4.78 is 11.2. The van der Waals surface area contributed by atoms with Crippen LogP contribution in [0.1, 0.15) is 11.1 Å². The smallest absolute Gasteiger partial charge is 0.123 e. The fourth-order valence-corrected chi connectivity index (χ4v) is 2.43. The number of benzene rings is 3. The van der Waals surface area contributed by atoms with Gasteiger partial charge in [0.05, 0.1) is 0 Å². The van der Waals surface area contributed by atoms with Crippen molar-refractivity contribution in [3.63, 3.8) is 0 Å². The predicted molar refractivity (Wildman–Crippen MR) is 94.8 cm³/mol. The van der Waals surface area contributed by atoms with E-state index in [0.29, 0.717) is 19.0 Å². The van der Waals surface area contributed by atoms with Gasteiger partial charge in [-0.2, -0.15) is 0 Å². The van der Waals surface area contributed by atoms with E-state index < -0.39 is 0 Å². The highest BCUT2D eigenvalue weighted by molar-refractivity contribution is 5.32. The lowest BCUT2D eigenvalue weighted by atomic mass is 10.1. The van der Waals surface area contributed by atoms with E-state index in [2.05, 4.69) is 36.4 Å². The van der Waals surface area contributed by atoms with Crippen LogP contribution in [-0.2, 0) is 6.42 Å². The van der Waals surface area contributed by atoms with Gasteiger partial charge in [-0.05, 0) is 41.8 Å². The fraction of sp³-hybridized carbons (Fsp3) is 0.143. The zero-order chi connectivity index (χ0) is 16.6. The van der Waals surface area contributed by atoms with Crippen LogP contribution in [0.2, 0.25) is 0 Å². The number of ether oxygens (including phenoxy) is 2. The number of phenols is 1. The standard InChI is InChI=1S/C21H20O3/c22-19-7-4-8-21(16-19)24-14-13-23-20-11-9-18(10-12-20)15-17-5-2-1-3-6-17/h1-12,16,22H,13-15H2. The van der Waals surface area contributed by atoms with Gasteiger partial charge in [-0.15, -0.1) is 0 Å². The Balaban J connectivity index is 1.44. The zero-order valence-corrected chi connectivity index (χ0v) is 13.4. The second-order valence-corrected chi connectivity index (χ2v) is 5.50. The van der Waals surface area contributed by atoms with Crippen molar-refractivity contribution in [1.29, 1.82) is 0 Å². The maximum absolute atomic E-state index is 9.37. The molecule has 0 saturated heterocycles. The highest BCUT2D eigenvalue weighted by atomic mass is 16.5. The van der Waals surface area contributed by atoms with Gasteiger partial charge in [-0.1, -0.05) is 48.5 Å². The van der Waals surface area contributed by atoms with E-state index in [1.807, 2.05) is 18.2 Å². The monoisotopic (exact) mass is 320 g/mol. The van der Waals surface area contributed by atoms with Crippen molar-refractivity contribution in [1.82, 2.24) is 0 Å². The Bertz CT molecular complexity index is 752. The molecule has 0 aliphatic rings. The normalized spacial score (nSPS) is 10.3. The number of hydrogen-bond donors (Lipinski definition) is 1. The molecule has 0 radical (unpaired) electrons. The molecule has 0 aliphatic heterocycles. The number of aromatic hydroxyl groups is 1. The Morgan fingerprint density at radius 2 is 1.29 bits per heavy atom. The minimum Gasteiger partial charge on any atom is -0.508 e. The molecule has 0 atom stereocenters. The SMILES string of the molecule is Oc1cccc(OCCOc2ccc(Cc3ccccc3)cc2)c1. The molecule has 122 valence electrons. The molecule has 0 saturated carbocycles. The third kappa shape index (κ3) is 4.78. The summed E-state index contributed by atoms with van der Waals surface area (Å²) in [6.07, 6.45) is 0.918. The van der Waals surface area contributed by atoms with Crippen molar-refractivity contribution in [3.8, 4) is 17.2 Å². The third-order valence-electron chi connectivity index (χ3n) is 3.61. The van der Waals surface area contributed by atoms with Gasteiger partial charge in [0.25, 0.3) is 0 Å². The summed E-state index contributed by atoms with van der Waals surface area (Å²) in [5.41, 5.74) is 2.55. The van der Waals surface area contributed by atoms with Gasteiger partial charge in [-0.25, -0.2) is 0 Å². The van der Waals surface area contributed by atoms with Crippen LogP contribution in [0, 0.1) is 0 Å². The van der Waals surface area contributed by atoms with Crippen molar-refractivity contribution >= 4 is 0 Å². The van der Waals surface area contributed by atoms with Crippen LogP contribution in [0.15, 0.2) is 78.9 Å². The molecule has 0 aromatic heterocycles. The van der Waals surface area contributed by atoms with Crippen molar-refractivity contribution in [2.45, 2.75) is 6.42 Å². The van der Waals surface area contributed by atoms with E-state index >= 15 is 0 Å². The van der Waals surface area contributed by atoms with Gasteiger partial charge in [0, 0.05) is 6.07 Å². The first-order valence-corrected chi connectivity index (χ1v) is 7.97. The Kier molecular flexibility index (Phi) is 5.36. The van der Waals surface area contributed by atoms with Crippen LogP contribution in [0.3, 0.4) is 0 Å². The van der Waals surface area contributed by atoms with Crippen LogP contribution in [-0.4, -0.2) is 18.3 Å². The molecule has 3 aromatic rings. The molecule has 0 amide bonds. The van der Waals surface area contributed by atoms with Gasteiger partial charge in [0.2, 0.25) is 0 Å². The van der Waals surface area contributed by atoms with Crippen LogP contribution in [0.5, 0.6) is 17.2 Å². The molecule has 0 fully saturated rings. The van der Waals surface area contributed by atoms with Crippen LogP contribution in [0.4, 0.5) is 0 Å². The summed E-state index contributed by atoms with van der Waals surface area (Å²) in [4.78, 5) is 0. The van der Waals surface area contributed by atoms with E-state index in [-0.39, 0.29) is 5.75 Å². The summed E-state index contributed by atoms with van der Waals surface area (Å²) in [6, 6.07) is 25.3. The van der Waals surface area contributed by atoms with Gasteiger partial charge >= 0.3 is 0 Å². The van der Waals surface area contributed by atoms with Gasteiger partial charge in [0.1, 0.15) is 30.5 Å². The molecule has 1 N–H and O–H groups in total. The van der Waals surface area contributed by atoms with E-state index in [9.17, 15) is 5.11 Å². The maximum atomic E-state index is 9.37. The first-order valence-electron chi connectivity index (χ1n) is 7.97. The van der Waals surface area contributed by atoms with Gasteiger partial charge in [-0.3, -0.25) is 0 Å². The Morgan fingerprint density at radius 3 is 2.00 bits per heavy atom. The first kappa shape index (κ1) is 15.9. The molecule has 0 spiro atoms. The molecule has 3 nitrogen and oxygen atoms in total. The first-order chi connectivity index (χ1) is 11.8. The molecule has 0 bridgehead atoms. The van der Waals surface area contributed by atoms with Crippen LogP contribution < -0.4 is 9.47 Å². The predicted octanol–water partition coefficient (Wildman–Crippen LogP) is 4.44. The fourth-order valence-electron chi connectivity index (χ4n) is 2.43. The Morgan fingerprint density at radius 1 is 0.625 bits per heavy atom. The summed E-state index contributed by atoms with van der Waals surface area (Å²) in [5.74, 6) is 1.66. The average molecular weight is 320 g/mol. The van der Waals surface area contributed by atoms with Crippen LogP contribution in [0.25, 0.3) is 0 Å². The largest absolute Gasteiger partial charge is 0.508 e. The quantitative estimate of drug-likeness (QED) is 0.654. The van der Waals surface area contributed by atoms with E-state index in [1.165, 1.54) is 11.1 Å². The second-order valence-electron chi connectivity index (χ2n) is 5.50. The molecule has 0 heterocycles. The van der Waals surface area contributed by atoms with Crippen molar-refractivity contribution in [2.75, 3.05) is 13.2 Å². The highest BCUT2D eigenvalue weighted by Crippen LogP contribution is 2.18. The zero-order valence-electron chi connectivity index (χ0n) is 13.4. The highest BCUT2D eigenvalue weighted by Gasteiger charge is 1.99. The second kappa shape index (κ2) is 8.06. The summed E-state index contributed by atoms with van der Waals surface area (Å²) >= 11 is 0. The lowest BCUT2D eigenvalue weighted by Crippen LogP contribution is -2.08. The topological polar surface area (TPSA) is 38.7 Å². The molecule has 3 aromatic carbocycles. The van der Waals surface area contributed by atoms with E-state index in [0.717, 1.165) is 12.2 Å². The molecule has 3 rings (SSSR count). The minimum atomic E-state index is 0.197. The molecule has 0 aliphatic carbocycles. The molecular formula is C21H20O3. The average Bonchev–Trinajstić information content (AvgIpc) is 2.61. The summed E-state index contributed by atoms with van der Waals surface area (Å²) in [5, 5.41) is 9.37. The lowest BCUT2D eigenvalue weighted by molar-refractivity contribution is 0.216. The van der Waals surface area contributed by atoms with Crippen LogP contribution >= 0.6 is 0 Å². The summed E-state index contributed by atoms with van der Waals surface area (Å²) in [7, 11) is 0. The molecule has 0 unspecified atom stereocenters. The van der Waals surface area contributed by atoms with Crippen molar-refractivity contribution < 1.29 is 14.6 Å². The lowest BCUT2D eigenvalue weighted by Gasteiger charge is -2.09. The van der Waals surface area contributed by atoms with E-state index in [1.54, 1.807) is 24.3 Å². The molecule has 24 heavy (non-hydrogen) atoms. The molecule has 3 heteroatoms. The maximum Gasteiger partial charge on any atom is 0.123 e. The third-order valence-corrected chi connectivity index (χ3v) is 3.61. The molecular weight excluding hydrogens is 300 g/mol.